The quantitative estimate of drug-likeness (QED) is 0.535. The molecule has 30 heavy (non-hydrogen) atoms. The Kier molecular flexibility index (Phi) is 5.79. The van der Waals surface area contributed by atoms with E-state index in [1.54, 1.807) is 0 Å². The molecular weight excluding hydrogens is 420 g/mol. The van der Waals surface area contributed by atoms with Crippen LogP contribution in [0.5, 0.6) is 0 Å². The smallest absolute Gasteiger partial charge is 0.279 e. The zero-order chi connectivity index (χ0) is 22.0. The maximum atomic E-state index is 13.4. The first-order valence-corrected chi connectivity index (χ1v) is 8.74. The van der Waals surface area contributed by atoms with Crippen molar-refractivity contribution in [2.45, 2.75) is 0 Å². The van der Waals surface area contributed by atoms with Crippen molar-refractivity contribution in [3.05, 3.63) is 76.3 Å². The molecule has 154 valence electrons. The lowest BCUT2D eigenvalue weighted by molar-refractivity contribution is 0.0958. The van der Waals surface area contributed by atoms with Gasteiger partial charge in [-0.25, -0.2) is 13.8 Å². The molecule has 0 fully saturated rings. The van der Waals surface area contributed by atoms with Crippen molar-refractivity contribution in [2.75, 3.05) is 17.3 Å². The molecule has 11 heteroatoms. The summed E-state index contributed by atoms with van der Waals surface area (Å²) in [4.78, 5) is 43.7. The molecule has 8 nitrogen and oxygen atoms in total. The third-order valence-electron chi connectivity index (χ3n) is 4.15. The summed E-state index contributed by atoms with van der Waals surface area (Å²) in [5, 5.41) is 2.00. The van der Waals surface area contributed by atoms with Crippen molar-refractivity contribution in [1.82, 2.24) is 9.97 Å². The number of nitrogens with zero attached hydrogens (tertiary/aromatic N) is 2. The van der Waals surface area contributed by atoms with Gasteiger partial charge in [-0.3, -0.25) is 14.4 Å². The highest BCUT2D eigenvalue weighted by molar-refractivity contribution is 6.31. The molecule has 0 radical (unpaired) electrons. The van der Waals surface area contributed by atoms with Crippen LogP contribution in [0.4, 0.5) is 20.2 Å². The molecule has 3 amide bonds. The Labute approximate surface area is 173 Å². The zero-order valence-corrected chi connectivity index (χ0v) is 16.1. The van der Waals surface area contributed by atoms with Gasteiger partial charge in [0.25, 0.3) is 17.7 Å². The number of benzene rings is 2. The molecule has 1 heterocycles. The first-order chi connectivity index (χ1) is 14.2. The number of nitrogens with one attached hydrogen (secondary N) is 2. The number of hydrogen-bond donors (Lipinski definition) is 3. The lowest BCUT2D eigenvalue weighted by atomic mass is 10.2. The summed E-state index contributed by atoms with van der Waals surface area (Å²) >= 11 is 5.56. The van der Waals surface area contributed by atoms with E-state index in [9.17, 15) is 23.2 Å². The van der Waals surface area contributed by atoms with Crippen LogP contribution in [-0.2, 0) is 0 Å². The Morgan fingerprint density at radius 1 is 1.17 bits per heavy atom. The number of H-pyrrole nitrogens is 1. The van der Waals surface area contributed by atoms with Gasteiger partial charge in [0.2, 0.25) is 0 Å². The highest BCUT2D eigenvalue weighted by Crippen LogP contribution is 2.22. The lowest BCUT2D eigenvalue weighted by Crippen LogP contribution is -2.29. The predicted octanol–water partition coefficient (Wildman–Crippen LogP) is 2.97. The molecule has 3 rings (SSSR count). The molecule has 0 aliphatic carbocycles. The highest BCUT2D eigenvalue weighted by atomic mass is 35.5. The molecule has 0 aliphatic heterocycles. The molecule has 0 aliphatic rings. The van der Waals surface area contributed by atoms with Gasteiger partial charge in [-0.1, -0.05) is 11.6 Å². The standard InChI is InChI=1S/C19H14ClF2N5O3/c1-27(19(30)16-15(17(23)28)24-8-25-16)11-4-2-10(3-5-11)26-18(29)9-6-12(20)14(22)13(21)7-9/h2-8H,1H3,(H2,23,28)(H,24,25)(H,26,29). The lowest BCUT2D eigenvalue weighted by Gasteiger charge is -2.17. The van der Waals surface area contributed by atoms with Crippen LogP contribution in [-0.4, -0.2) is 34.7 Å². The number of carbonyl (C=O) groups is 3. The molecule has 0 saturated carbocycles. The van der Waals surface area contributed by atoms with Crippen molar-refractivity contribution >= 4 is 40.7 Å². The molecule has 3 aromatic rings. The van der Waals surface area contributed by atoms with E-state index in [1.807, 2.05) is 0 Å². The van der Waals surface area contributed by atoms with Gasteiger partial charge in [-0.2, -0.15) is 0 Å². The van der Waals surface area contributed by atoms with Gasteiger partial charge < -0.3 is 20.9 Å². The molecule has 0 spiro atoms. The van der Waals surface area contributed by atoms with E-state index in [0.29, 0.717) is 11.4 Å². The Hall–Kier alpha value is -3.79. The fourth-order valence-corrected chi connectivity index (χ4v) is 2.79. The third-order valence-corrected chi connectivity index (χ3v) is 4.43. The van der Waals surface area contributed by atoms with E-state index < -0.39 is 34.4 Å². The average Bonchev–Trinajstić information content (AvgIpc) is 3.21. The minimum atomic E-state index is -1.24. The molecule has 1 aromatic heterocycles. The number of primary amides is 1. The first kappa shape index (κ1) is 20.9. The molecular formula is C19H14ClF2N5O3. The number of amides is 3. The van der Waals surface area contributed by atoms with E-state index in [4.69, 9.17) is 17.3 Å². The summed E-state index contributed by atoms with van der Waals surface area (Å²) in [6, 6.07) is 7.80. The van der Waals surface area contributed by atoms with E-state index in [1.165, 1.54) is 42.5 Å². The van der Waals surface area contributed by atoms with E-state index in [-0.39, 0.29) is 17.0 Å². The Morgan fingerprint density at radius 3 is 2.43 bits per heavy atom. The monoisotopic (exact) mass is 433 g/mol. The largest absolute Gasteiger partial charge is 0.364 e. The van der Waals surface area contributed by atoms with Gasteiger partial charge in [-0.15, -0.1) is 0 Å². The molecule has 0 unspecified atom stereocenters. The van der Waals surface area contributed by atoms with Crippen LogP contribution < -0.4 is 16.0 Å². The van der Waals surface area contributed by atoms with Gasteiger partial charge in [0.15, 0.2) is 17.3 Å². The third kappa shape index (κ3) is 4.13. The Morgan fingerprint density at radius 2 is 1.83 bits per heavy atom. The van der Waals surface area contributed by atoms with Crippen LogP contribution in [0.15, 0.2) is 42.7 Å². The summed E-state index contributed by atoms with van der Waals surface area (Å²) in [6.45, 7) is 0. The second kappa shape index (κ2) is 8.29. The molecule has 4 N–H and O–H groups in total. The predicted molar refractivity (Wildman–Crippen MR) is 106 cm³/mol. The maximum Gasteiger partial charge on any atom is 0.279 e. The van der Waals surface area contributed by atoms with Crippen LogP contribution >= 0.6 is 11.6 Å². The number of anilines is 2. The molecule has 2 aromatic carbocycles. The van der Waals surface area contributed by atoms with Crippen LogP contribution in [0.3, 0.4) is 0 Å². The minimum absolute atomic E-state index is 0.110. The van der Waals surface area contributed by atoms with E-state index in [0.717, 1.165) is 12.1 Å². The van der Waals surface area contributed by atoms with Crippen LogP contribution in [0.25, 0.3) is 0 Å². The van der Waals surface area contributed by atoms with Gasteiger partial charge in [0, 0.05) is 24.0 Å². The van der Waals surface area contributed by atoms with Crippen LogP contribution in [0.2, 0.25) is 5.02 Å². The number of rotatable bonds is 5. The van der Waals surface area contributed by atoms with E-state index in [2.05, 4.69) is 15.3 Å². The normalized spacial score (nSPS) is 10.5. The highest BCUT2D eigenvalue weighted by Gasteiger charge is 2.22. The van der Waals surface area contributed by atoms with Gasteiger partial charge in [0.05, 0.1) is 11.3 Å². The summed E-state index contributed by atoms with van der Waals surface area (Å²) in [5.41, 5.74) is 5.58. The summed E-state index contributed by atoms with van der Waals surface area (Å²) in [7, 11) is 1.47. The maximum absolute atomic E-state index is 13.4. The Bertz CT molecular complexity index is 1120. The Balaban J connectivity index is 1.74. The van der Waals surface area contributed by atoms with Crippen molar-refractivity contribution < 1.29 is 23.2 Å². The first-order valence-electron chi connectivity index (χ1n) is 8.36. The van der Waals surface area contributed by atoms with Gasteiger partial charge >= 0.3 is 0 Å². The van der Waals surface area contributed by atoms with Crippen molar-refractivity contribution in [2.24, 2.45) is 5.73 Å². The minimum Gasteiger partial charge on any atom is -0.364 e. The van der Waals surface area contributed by atoms with Crippen molar-refractivity contribution in [3.63, 3.8) is 0 Å². The number of nitrogens with two attached hydrogens (primary N) is 1. The topological polar surface area (TPSA) is 121 Å². The van der Waals surface area contributed by atoms with E-state index >= 15 is 0 Å². The van der Waals surface area contributed by atoms with Crippen molar-refractivity contribution in [1.29, 1.82) is 0 Å². The number of aromatic nitrogens is 2. The summed E-state index contributed by atoms with van der Waals surface area (Å²) < 4.78 is 26.7. The number of halogens is 3. The zero-order valence-electron chi connectivity index (χ0n) is 15.4. The summed E-state index contributed by atoms with van der Waals surface area (Å²) in [5.74, 6) is -4.56. The van der Waals surface area contributed by atoms with Crippen LogP contribution in [0.1, 0.15) is 31.3 Å². The molecule has 0 saturated heterocycles. The van der Waals surface area contributed by atoms with Crippen LogP contribution in [0, 0.1) is 11.6 Å². The number of aromatic amines is 1. The average molecular weight is 434 g/mol. The SMILES string of the molecule is CN(C(=O)c1nc[nH]c1C(N)=O)c1ccc(NC(=O)c2cc(F)c(F)c(Cl)c2)cc1. The summed E-state index contributed by atoms with van der Waals surface area (Å²) in [6.07, 6.45) is 1.18. The fourth-order valence-electron chi connectivity index (χ4n) is 2.58. The number of imidazole rings is 1. The fraction of sp³-hybridized carbons (Fsp3) is 0.0526. The number of hydrogen-bond acceptors (Lipinski definition) is 4. The van der Waals surface area contributed by atoms with Gasteiger partial charge in [-0.05, 0) is 36.4 Å². The second-order valence-electron chi connectivity index (χ2n) is 6.11. The van der Waals surface area contributed by atoms with Gasteiger partial charge in [0.1, 0.15) is 5.69 Å². The molecule has 0 atom stereocenters. The molecule has 0 bridgehead atoms. The van der Waals surface area contributed by atoms with Crippen molar-refractivity contribution in [3.8, 4) is 0 Å². The number of carbonyl (C=O) groups excluding carboxylic acids is 3. The second-order valence-corrected chi connectivity index (χ2v) is 6.52.